The van der Waals surface area contributed by atoms with E-state index in [9.17, 15) is 14.9 Å². The third kappa shape index (κ3) is 4.70. The smallest absolute Gasteiger partial charge is 0.275 e. The van der Waals surface area contributed by atoms with Gasteiger partial charge in [-0.2, -0.15) is 5.10 Å². The van der Waals surface area contributed by atoms with Gasteiger partial charge in [-0.1, -0.05) is 48.0 Å². The van der Waals surface area contributed by atoms with Crippen LogP contribution in [0.3, 0.4) is 0 Å². The van der Waals surface area contributed by atoms with E-state index in [4.69, 9.17) is 16.3 Å². The Morgan fingerprint density at radius 2 is 1.94 bits per heavy atom. The summed E-state index contributed by atoms with van der Waals surface area (Å²) in [5, 5.41) is 16.8. The summed E-state index contributed by atoms with van der Waals surface area (Å²) in [6, 6.07) is 19.3. The number of benzene rings is 3. The maximum Gasteiger partial charge on any atom is 0.275 e. The van der Waals surface area contributed by atoms with Crippen LogP contribution < -0.4 is 10.2 Å². The van der Waals surface area contributed by atoms with Crippen molar-refractivity contribution >= 4 is 40.3 Å². The molecule has 4 aromatic rings. The molecule has 3 aromatic carbocycles. The molecule has 0 spiro atoms. The minimum absolute atomic E-state index is 0.0185. The number of nitro benzene ring substituents is 1. The summed E-state index contributed by atoms with van der Waals surface area (Å²) in [6.45, 7) is 0.575. The van der Waals surface area contributed by atoms with Gasteiger partial charge in [-0.05, 0) is 23.8 Å². The zero-order valence-corrected chi connectivity index (χ0v) is 18.3. The monoisotopic (exact) mass is 462 g/mol. The molecule has 0 aliphatic rings. The summed E-state index contributed by atoms with van der Waals surface area (Å²) in [4.78, 5) is 23.1. The van der Waals surface area contributed by atoms with E-state index in [1.165, 1.54) is 25.5 Å². The number of rotatable bonds is 7. The molecule has 1 heterocycles. The number of para-hydroxylation sites is 1. The zero-order valence-electron chi connectivity index (χ0n) is 17.6. The van der Waals surface area contributed by atoms with E-state index in [1.54, 1.807) is 0 Å². The van der Waals surface area contributed by atoms with Gasteiger partial charge < -0.3 is 9.30 Å². The summed E-state index contributed by atoms with van der Waals surface area (Å²) >= 11 is 6.32. The van der Waals surface area contributed by atoms with Crippen molar-refractivity contribution in [1.82, 2.24) is 9.99 Å². The van der Waals surface area contributed by atoms with Crippen molar-refractivity contribution in [3.63, 3.8) is 0 Å². The fourth-order valence-electron chi connectivity index (χ4n) is 3.53. The average Bonchev–Trinajstić information content (AvgIpc) is 3.17. The number of carbonyl (C=O) groups is 1. The SMILES string of the molecule is COc1ccc([N+](=O)[O-])cc1C(=O)N/N=C\c1cn(Cc2ccccc2Cl)c2ccccc12. The maximum absolute atomic E-state index is 12.6. The lowest BCUT2D eigenvalue weighted by molar-refractivity contribution is -0.384. The van der Waals surface area contributed by atoms with Crippen molar-refractivity contribution in [3.8, 4) is 5.75 Å². The van der Waals surface area contributed by atoms with Gasteiger partial charge in [-0.25, -0.2) is 5.43 Å². The number of halogens is 1. The van der Waals surface area contributed by atoms with Crippen LogP contribution in [-0.4, -0.2) is 28.7 Å². The van der Waals surface area contributed by atoms with E-state index in [0.29, 0.717) is 11.6 Å². The summed E-state index contributed by atoms with van der Waals surface area (Å²) in [6.07, 6.45) is 3.46. The molecule has 0 saturated heterocycles. The fourth-order valence-corrected chi connectivity index (χ4v) is 3.72. The Kier molecular flexibility index (Phi) is 6.37. The van der Waals surface area contributed by atoms with Gasteiger partial charge in [0, 0.05) is 46.4 Å². The molecule has 0 aliphatic carbocycles. The van der Waals surface area contributed by atoms with Crippen molar-refractivity contribution in [2.45, 2.75) is 6.54 Å². The second kappa shape index (κ2) is 9.54. The number of hydrogen-bond donors (Lipinski definition) is 1. The molecular formula is C24H19ClN4O4. The lowest BCUT2D eigenvalue weighted by Crippen LogP contribution is -2.18. The molecular weight excluding hydrogens is 444 g/mol. The van der Waals surface area contributed by atoms with Gasteiger partial charge >= 0.3 is 0 Å². The van der Waals surface area contributed by atoms with Gasteiger partial charge in [0.05, 0.1) is 23.8 Å². The Balaban J connectivity index is 1.59. The molecule has 0 bridgehead atoms. The van der Waals surface area contributed by atoms with Gasteiger partial charge in [0.1, 0.15) is 5.75 Å². The summed E-state index contributed by atoms with van der Waals surface area (Å²) in [5.41, 5.74) is 4.99. The first-order chi connectivity index (χ1) is 16.0. The molecule has 0 unspecified atom stereocenters. The van der Waals surface area contributed by atoms with Gasteiger partial charge in [0.25, 0.3) is 11.6 Å². The molecule has 0 radical (unpaired) electrons. The zero-order chi connectivity index (χ0) is 23.4. The largest absolute Gasteiger partial charge is 0.496 e. The number of hydrazone groups is 1. The molecule has 1 aromatic heterocycles. The molecule has 4 rings (SSSR count). The average molecular weight is 463 g/mol. The number of nitrogens with zero attached hydrogens (tertiary/aromatic N) is 3. The normalized spacial score (nSPS) is 11.1. The second-order valence-electron chi connectivity index (χ2n) is 7.16. The van der Waals surface area contributed by atoms with E-state index >= 15 is 0 Å². The van der Waals surface area contributed by atoms with E-state index in [1.807, 2.05) is 54.7 Å². The molecule has 8 nitrogen and oxygen atoms in total. The third-order valence-corrected chi connectivity index (χ3v) is 5.49. The van der Waals surface area contributed by atoms with E-state index in [2.05, 4.69) is 15.1 Å². The molecule has 0 fully saturated rings. The van der Waals surface area contributed by atoms with Crippen molar-refractivity contribution < 1.29 is 14.5 Å². The summed E-state index contributed by atoms with van der Waals surface area (Å²) in [5.74, 6) is -0.406. The number of methoxy groups -OCH3 is 1. The van der Waals surface area contributed by atoms with Crippen molar-refractivity contribution in [1.29, 1.82) is 0 Å². The Bertz CT molecular complexity index is 1380. The number of aromatic nitrogens is 1. The van der Waals surface area contributed by atoms with Crippen LogP contribution in [-0.2, 0) is 6.54 Å². The van der Waals surface area contributed by atoms with E-state index in [0.717, 1.165) is 28.1 Å². The molecule has 0 atom stereocenters. The van der Waals surface area contributed by atoms with Crippen LogP contribution in [0.5, 0.6) is 5.75 Å². The van der Waals surface area contributed by atoms with Gasteiger partial charge in [-0.15, -0.1) is 0 Å². The highest BCUT2D eigenvalue weighted by molar-refractivity contribution is 6.31. The first-order valence-electron chi connectivity index (χ1n) is 9.95. The lowest BCUT2D eigenvalue weighted by atomic mass is 10.1. The molecule has 166 valence electrons. The number of carbonyl (C=O) groups excluding carboxylic acids is 1. The first kappa shape index (κ1) is 22.0. The van der Waals surface area contributed by atoms with Crippen LogP contribution >= 0.6 is 11.6 Å². The number of nitrogens with one attached hydrogen (secondary N) is 1. The van der Waals surface area contributed by atoms with Gasteiger partial charge in [0.15, 0.2) is 0 Å². The first-order valence-corrected chi connectivity index (χ1v) is 10.3. The van der Waals surface area contributed by atoms with E-state index in [-0.39, 0.29) is 17.0 Å². The predicted molar refractivity (Wildman–Crippen MR) is 127 cm³/mol. The van der Waals surface area contributed by atoms with Crippen molar-refractivity contribution in [2.24, 2.45) is 5.10 Å². The third-order valence-electron chi connectivity index (χ3n) is 5.13. The molecule has 9 heteroatoms. The Morgan fingerprint density at radius 1 is 1.18 bits per heavy atom. The van der Waals surface area contributed by atoms with Crippen LogP contribution in [0.2, 0.25) is 5.02 Å². The number of amides is 1. The molecule has 1 amide bonds. The van der Waals surface area contributed by atoms with Crippen LogP contribution in [0.4, 0.5) is 5.69 Å². The molecule has 0 aliphatic heterocycles. The number of hydrogen-bond acceptors (Lipinski definition) is 5. The van der Waals surface area contributed by atoms with E-state index < -0.39 is 10.8 Å². The highest BCUT2D eigenvalue weighted by Crippen LogP contribution is 2.25. The van der Waals surface area contributed by atoms with Crippen molar-refractivity contribution in [2.75, 3.05) is 7.11 Å². The van der Waals surface area contributed by atoms with Crippen LogP contribution in [0.15, 0.2) is 78.0 Å². The minimum Gasteiger partial charge on any atom is -0.496 e. The highest BCUT2D eigenvalue weighted by atomic mass is 35.5. The van der Waals surface area contributed by atoms with Crippen LogP contribution in [0.25, 0.3) is 10.9 Å². The Labute approximate surface area is 194 Å². The van der Waals surface area contributed by atoms with Gasteiger partial charge in [-0.3, -0.25) is 14.9 Å². The molecule has 0 saturated carbocycles. The standard InChI is InChI=1S/C24H19ClN4O4/c1-33-23-11-10-18(29(31)32)12-20(23)24(30)27-26-13-17-15-28(22-9-5-3-7-19(17)22)14-16-6-2-4-8-21(16)25/h2-13,15H,14H2,1H3,(H,27,30)/b26-13-. The second-order valence-corrected chi connectivity index (χ2v) is 7.57. The highest BCUT2D eigenvalue weighted by Gasteiger charge is 2.17. The quantitative estimate of drug-likeness (QED) is 0.237. The van der Waals surface area contributed by atoms with Crippen LogP contribution in [0, 0.1) is 10.1 Å². The summed E-state index contributed by atoms with van der Waals surface area (Å²) in [7, 11) is 1.38. The Hall–Kier alpha value is -4.17. The maximum atomic E-state index is 12.6. The number of ether oxygens (including phenoxy) is 1. The molecule has 1 N–H and O–H groups in total. The fraction of sp³-hybridized carbons (Fsp3) is 0.0833. The topological polar surface area (TPSA) is 98.8 Å². The van der Waals surface area contributed by atoms with Crippen LogP contribution in [0.1, 0.15) is 21.5 Å². The summed E-state index contributed by atoms with van der Waals surface area (Å²) < 4.78 is 7.20. The number of nitro groups is 1. The lowest BCUT2D eigenvalue weighted by Gasteiger charge is -2.07. The Morgan fingerprint density at radius 3 is 2.70 bits per heavy atom. The van der Waals surface area contributed by atoms with Crippen molar-refractivity contribution in [3.05, 3.63) is 105 Å². The minimum atomic E-state index is -0.619. The number of fused-ring (bicyclic) bond motifs is 1. The van der Waals surface area contributed by atoms with Gasteiger partial charge in [0.2, 0.25) is 0 Å². The molecule has 33 heavy (non-hydrogen) atoms. The predicted octanol–water partition coefficient (Wildman–Crippen LogP) is 5.02. The number of non-ortho nitro benzene ring substituents is 1.